The van der Waals surface area contributed by atoms with Crippen LogP contribution in [0, 0.1) is 4.84 Å². The summed E-state index contributed by atoms with van der Waals surface area (Å²) in [6.07, 6.45) is 7.42. The third-order valence-electron chi connectivity index (χ3n) is 2.19. The minimum atomic E-state index is 0.509. The Kier molecular flexibility index (Phi) is 5.37. The fourth-order valence-electron chi connectivity index (χ4n) is 1.32. The summed E-state index contributed by atoms with van der Waals surface area (Å²) in [7, 11) is 0. The number of unbranched alkanes of at least 4 members (excludes halogenated alkanes) is 2. The van der Waals surface area contributed by atoms with Crippen molar-refractivity contribution in [3.63, 3.8) is 0 Å². The van der Waals surface area contributed by atoms with Gasteiger partial charge in [-0.1, -0.05) is 42.5 Å². The van der Waals surface area contributed by atoms with Crippen LogP contribution in [0.4, 0.5) is 0 Å². The average Bonchev–Trinajstić information content (AvgIpc) is 1.92. The minimum absolute atomic E-state index is 0.509. The Labute approximate surface area is 84.4 Å². The maximum Gasteiger partial charge on any atom is 0.151 e. The maximum atomic E-state index is 5.52. The molecule has 0 aromatic carbocycles. The SMILES string of the molecule is Cl[C](Cl)CCCCCC1CCO1. The van der Waals surface area contributed by atoms with E-state index in [1.54, 1.807) is 0 Å². The summed E-state index contributed by atoms with van der Waals surface area (Å²) in [5.74, 6) is 0. The fourth-order valence-corrected chi connectivity index (χ4v) is 1.59. The molecule has 71 valence electrons. The second-order valence-electron chi connectivity index (χ2n) is 3.22. The third-order valence-corrected chi connectivity index (χ3v) is 2.56. The predicted octanol–water partition coefficient (Wildman–Crippen LogP) is 3.69. The van der Waals surface area contributed by atoms with E-state index in [1.165, 1.54) is 25.7 Å². The van der Waals surface area contributed by atoms with Crippen molar-refractivity contribution in [2.24, 2.45) is 0 Å². The van der Waals surface area contributed by atoms with Crippen LogP contribution in [0.5, 0.6) is 0 Å². The van der Waals surface area contributed by atoms with E-state index in [0.717, 1.165) is 19.4 Å². The van der Waals surface area contributed by atoms with Gasteiger partial charge in [-0.3, -0.25) is 0 Å². The molecule has 0 spiro atoms. The summed E-state index contributed by atoms with van der Waals surface area (Å²) in [4.78, 5) is 0.509. The van der Waals surface area contributed by atoms with E-state index in [4.69, 9.17) is 27.9 Å². The van der Waals surface area contributed by atoms with Gasteiger partial charge in [0.25, 0.3) is 0 Å². The molecule has 1 radical (unpaired) electrons. The van der Waals surface area contributed by atoms with Gasteiger partial charge in [-0.25, -0.2) is 0 Å². The van der Waals surface area contributed by atoms with Gasteiger partial charge >= 0.3 is 0 Å². The van der Waals surface area contributed by atoms with Crippen LogP contribution in [-0.2, 0) is 4.74 Å². The monoisotopic (exact) mass is 209 g/mol. The predicted molar refractivity (Wildman–Crippen MR) is 52.4 cm³/mol. The highest BCUT2D eigenvalue weighted by Gasteiger charge is 2.16. The number of halogens is 2. The normalized spacial score (nSPS) is 22.8. The van der Waals surface area contributed by atoms with E-state index in [9.17, 15) is 0 Å². The van der Waals surface area contributed by atoms with Gasteiger partial charge in [0.1, 0.15) is 0 Å². The van der Waals surface area contributed by atoms with Gasteiger partial charge in [0.2, 0.25) is 0 Å². The molecule has 0 aliphatic carbocycles. The number of hydrogen-bond acceptors (Lipinski definition) is 1. The van der Waals surface area contributed by atoms with Crippen LogP contribution in [-0.4, -0.2) is 12.7 Å². The molecule has 1 fully saturated rings. The lowest BCUT2D eigenvalue weighted by Crippen LogP contribution is -2.26. The summed E-state index contributed by atoms with van der Waals surface area (Å²) in [5.41, 5.74) is 0. The second kappa shape index (κ2) is 6.06. The highest BCUT2D eigenvalue weighted by atomic mass is 35.5. The molecular weight excluding hydrogens is 195 g/mol. The Morgan fingerprint density at radius 3 is 2.50 bits per heavy atom. The van der Waals surface area contributed by atoms with Crippen molar-refractivity contribution >= 4 is 23.2 Å². The Balaban J connectivity index is 1.76. The summed E-state index contributed by atoms with van der Waals surface area (Å²) in [5, 5.41) is 0. The van der Waals surface area contributed by atoms with E-state index in [2.05, 4.69) is 0 Å². The first-order valence-electron chi connectivity index (χ1n) is 4.57. The van der Waals surface area contributed by atoms with Crippen molar-refractivity contribution in [2.75, 3.05) is 6.61 Å². The topological polar surface area (TPSA) is 9.23 Å². The van der Waals surface area contributed by atoms with Gasteiger partial charge in [0.15, 0.2) is 4.84 Å². The molecule has 1 rings (SSSR count). The zero-order valence-corrected chi connectivity index (χ0v) is 8.70. The van der Waals surface area contributed by atoms with Crippen LogP contribution in [0.15, 0.2) is 0 Å². The third kappa shape index (κ3) is 4.54. The van der Waals surface area contributed by atoms with Crippen LogP contribution >= 0.6 is 23.2 Å². The van der Waals surface area contributed by atoms with Gasteiger partial charge in [0, 0.05) is 6.61 Å². The lowest BCUT2D eigenvalue weighted by molar-refractivity contribution is -0.0555. The molecule has 0 aromatic heterocycles. The molecular formula is C9H15Cl2O. The van der Waals surface area contributed by atoms with Crippen molar-refractivity contribution in [3.05, 3.63) is 4.84 Å². The smallest absolute Gasteiger partial charge is 0.151 e. The molecule has 3 heteroatoms. The zero-order chi connectivity index (χ0) is 8.81. The Morgan fingerprint density at radius 2 is 2.00 bits per heavy atom. The van der Waals surface area contributed by atoms with E-state index >= 15 is 0 Å². The molecule has 1 aliphatic rings. The Morgan fingerprint density at radius 1 is 1.25 bits per heavy atom. The molecule has 1 atom stereocenters. The number of ether oxygens (including phenoxy) is 1. The van der Waals surface area contributed by atoms with E-state index in [-0.39, 0.29) is 0 Å². The molecule has 0 bridgehead atoms. The van der Waals surface area contributed by atoms with Gasteiger partial charge in [0.05, 0.1) is 6.10 Å². The standard InChI is InChI=1S/C9H15Cl2O/c10-9(11)5-3-1-2-4-8-6-7-12-8/h8H,1-7H2. The fraction of sp³-hybridized carbons (Fsp3) is 0.889. The van der Waals surface area contributed by atoms with Gasteiger partial charge < -0.3 is 4.74 Å². The lowest BCUT2D eigenvalue weighted by atomic mass is 10.0. The Bertz CT molecular complexity index is 113. The summed E-state index contributed by atoms with van der Waals surface area (Å²) in [6.45, 7) is 0.964. The molecule has 0 amide bonds. The second-order valence-corrected chi connectivity index (χ2v) is 4.33. The summed E-state index contributed by atoms with van der Waals surface area (Å²) < 4.78 is 5.30. The lowest BCUT2D eigenvalue weighted by Gasteiger charge is -2.26. The Hall–Kier alpha value is 0.540. The van der Waals surface area contributed by atoms with Crippen LogP contribution < -0.4 is 0 Å². The number of hydrogen-bond donors (Lipinski definition) is 0. The largest absolute Gasteiger partial charge is 0.378 e. The van der Waals surface area contributed by atoms with Crippen molar-refractivity contribution in [3.8, 4) is 0 Å². The molecule has 1 saturated heterocycles. The minimum Gasteiger partial charge on any atom is -0.378 e. The van der Waals surface area contributed by atoms with Crippen LogP contribution in [0.2, 0.25) is 0 Å². The quantitative estimate of drug-likeness (QED) is 0.607. The average molecular weight is 210 g/mol. The van der Waals surface area contributed by atoms with Gasteiger partial charge in [-0.15, -0.1) is 0 Å². The highest BCUT2D eigenvalue weighted by Crippen LogP contribution is 2.22. The van der Waals surface area contributed by atoms with Crippen LogP contribution in [0.1, 0.15) is 38.5 Å². The first kappa shape index (κ1) is 10.6. The molecule has 1 aliphatic heterocycles. The maximum absolute atomic E-state index is 5.52. The molecule has 0 N–H and O–H groups in total. The first-order valence-corrected chi connectivity index (χ1v) is 5.33. The van der Waals surface area contributed by atoms with E-state index in [1.807, 2.05) is 0 Å². The molecule has 1 heterocycles. The van der Waals surface area contributed by atoms with E-state index in [0.29, 0.717) is 10.9 Å². The molecule has 0 saturated carbocycles. The van der Waals surface area contributed by atoms with Gasteiger partial charge in [-0.2, -0.15) is 0 Å². The van der Waals surface area contributed by atoms with E-state index < -0.39 is 0 Å². The highest BCUT2D eigenvalue weighted by molar-refractivity contribution is 6.52. The first-order chi connectivity index (χ1) is 5.79. The van der Waals surface area contributed by atoms with Crippen molar-refractivity contribution < 1.29 is 4.74 Å². The van der Waals surface area contributed by atoms with Gasteiger partial charge in [-0.05, 0) is 19.3 Å². The molecule has 12 heavy (non-hydrogen) atoms. The summed E-state index contributed by atoms with van der Waals surface area (Å²) in [6, 6.07) is 0. The zero-order valence-electron chi connectivity index (χ0n) is 7.19. The summed E-state index contributed by atoms with van der Waals surface area (Å²) >= 11 is 11.0. The van der Waals surface area contributed by atoms with Crippen LogP contribution in [0.25, 0.3) is 0 Å². The molecule has 1 unspecified atom stereocenters. The van der Waals surface area contributed by atoms with Crippen molar-refractivity contribution in [1.82, 2.24) is 0 Å². The van der Waals surface area contributed by atoms with Crippen LogP contribution in [0.3, 0.4) is 0 Å². The molecule has 0 aromatic rings. The van der Waals surface area contributed by atoms with Crippen molar-refractivity contribution in [2.45, 2.75) is 44.6 Å². The van der Waals surface area contributed by atoms with Crippen molar-refractivity contribution in [1.29, 1.82) is 0 Å². The number of rotatable bonds is 6. The molecule has 1 nitrogen and oxygen atoms in total.